The molecule has 2 N–H and O–H groups in total. The average Bonchev–Trinajstić information content (AvgIpc) is 3.82. The third-order valence-corrected chi connectivity index (χ3v) is 8.58. The number of carbonyl (C=O) groups is 2. The van der Waals surface area contributed by atoms with E-state index < -0.39 is 11.9 Å². The van der Waals surface area contributed by atoms with Crippen LogP contribution < -0.4 is 10.9 Å². The lowest BCUT2D eigenvalue weighted by Gasteiger charge is -2.09. The summed E-state index contributed by atoms with van der Waals surface area (Å²) in [5.74, 6) is 5.08. The largest absolute Gasteiger partial charge is 0.478 e. The van der Waals surface area contributed by atoms with E-state index in [-0.39, 0.29) is 16.7 Å². The maximum Gasteiger partial charge on any atom is 0.335 e. The molecule has 0 aliphatic rings. The molecule has 0 aliphatic heterocycles. The van der Waals surface area contributed by atoms with Crippen LogP contribution in [0.3, 0.4) is 0 Å². The molecule has 6 rings (SSSR count). The van der Waals surface area contributed by atoms with Gasteiger partial charge in [0.25, 0.3) is 11.5 Å². The highest BCUT2D eigenvalue weighted by Gasteiger charge is 2.19. The molecule has 0 aliphatic carbocycles. The van der Waals surface area contributed by atoms with E-state index in [0.29, 0.717) is 40.2 Å². The Balaban J connectivity index is 1.42. The van der Waals surface area contributed by atoms with Crippen molar-refractivity contribution >= 4 is 52.2 Å². The van der Waals surface area contributed by atoms with Crippen LogP contribution >= 0.6 is 34.5 Å². The lowest BCUT2D eigenvalue weighted by atomic mass is 10.1. The fourth-order valence-electron chi connectivity index (χ4n) is 4.46. The normalized spacial score (nSPS) is 10.7. The van der Waals surface area contributed by atoms with E-state index in [1.54, 1.807) is 29.0 Å². The van der Waals surface area contributed by atoms with Crippen molar-refractivity contribution in [1.29, 1.82) is 0 Å². The minimum Gasteiger partial charge on any atom is -0.478 e. The molecule has 45 heavy (non-hydrogen) atoms. The maximum atomic E-state index is 13.6. The number of thiophene rings is 1. The van der Waals surface area contributed by atoms with Crippen LogP contribution in [0.4, 0.5) is 5.82 Å². The topological polar surface area (TPSA) is 119 Å². The second kappa shape index (κ2) is 13.2. The Kier molecular flexibility index (Phi) is 8.70. The molecule has 4 heterocycles. The maximum absolute atomic E-state index is 13.6. The lowest BCUT2D eigenvalue weighted by molar-refractivity contribution is 0.0696. The van der Waals surface area contributed by atoms with E-state index in [1.165, 1.54) is 57.9 Å². The van der Waals surface area contributed by atoms with Gasteiger partial charge in [0.15, 0.2) is 0 Å². The van der Waals surface area contributed by atoms with Crippen molar-refractivity contribution in [2.75, 3.05) is 5.32 Å². The summed E-state index contributed by atoms with van der Waals surface area (Å²) in [5.41, 5.74) is 3.01. The second-order valence-corrected chi connectivity index (χ2v) is 12.2. The molecule has 0 bridgehead atoms. The Bertz CT molecular complexity index is 2120. The number of benzene rings is 2. The number of nitrogens with zero attached hydrogens (tertiary/aromatic N) is 4. The first kappa shape index (κ1) is 29.8. The third kappa shape index (κ3) is 6.94. The minimum atomic E-state index is -1.09. The highest BCUT2D eigenvalue weighted by atomic mass is 35.5. The van der Waals surface area contributed by atoms with E-state index in [1.807, 2.05) is 41.8 Å². The minimum absolute atomic E-state index is 0.0589. The highest BCUT2D eigenvalue weighted by Crippen LogP contribution is 2.26. The Labute approximate surface area is 270 Å². The van der Waals surface area contributed by atoms with Crippen LogP contribution in [0.5, 0.6) is 0 Å². The van der Waals surface area contributed by atoms with Gasteiger partial charge in [0.2, 0.25) is 0 Å². The van der Waals surface area contributed by atoms with Gasteiger partial charge in [-0.3, -0.25) is 14.2 Å². The molecule has 2 aromatic carbocycles. The molecule has 4 aromatic heterocycles. The molecule has 0 radical (unpaired) electrons. The number of carbonyl (C=O) groups excluding carboxylic acids is 1. The number of anilines is 1. The summed E-state index contributed by atoms with van der Waals surface area (Å²) in [6.45, 7) is 0.668. The fraction of sp³-hybridized carbons (Fsp3) is 0.0606. The Morgan fingerprint density at radius 3 is 2.42 bits per heavy atom. The number of carboxylic acid groups (broad SMARTS) is 1. The van der Waals surface area contributed by atoms with Crippen molar-refractivity contribution < 1.29 is 14.7 Å². The number of hydrogen-bond donors (Lipinski definition) is 2. The summed E-state index contributed by atoms with van der Waals surface area (Å²) in [7, 11) is 0. The lowest BCUT2D eigenvalue weighted by Crippen LogP contribution is -2.22. The summed E-state index contributed by atoms with van der Waals surface area (Å²) in [6.07, 6.45) is 1.72. The molecular weight excluding hydrogens is 630 g/mol. The summed E-state index contributed by atoms with van der Waals surface area (Å²) in [5, 5.41) is 19.0. The Morgan fingerprint density at radius 2 is 1.73 bits per heavy atom. The van der Waals surface area contributed by atoms with Gasteiger partial charge in [0.05, 0.1) is 34.4 Å². The predicted molar refractivity (Wildman–Crippen MR) is 175 cm³/mol. The standard InChI is InChI=1S/C33H22ClN5O4S2/c34-29-13-12-27(45-29)18-35-30-16-28(37-39(30)32(41)23-7-9-24(10-8-23)33(42)43)25-14-26(11-6-21-4-2-1-3-5-21)38(31(40)15-25)19-22-17-36-44-20-22/h1-5,7-10,12-17,20,35H,18-19H2,(H,42,43). The molecule has 12 heteroatoms. The number of nitrogens with one attached hydrogen (secondary N) is 1. The quantitative estimate of drug-likeness (QED) is 0.185. The summed E-state index contributed by atoms with van der Waals surface area (Å²) >= 11 is 8.82. The van der Waals surface area contributed by atoms with Gasteiger partial charge in [0, 0.05) is 50.8 Å². The van der Waals surface area contributed by atoms with Gasteiger partial charge in [-0.05, 0) is 72.1 Å². The molecule has 0 saturated carbocycles. The van der Waals surface area contributed by atoms with E-state index in [9.17, 15) is 19.5 Å². The number of rotatable bonds is 8. The smallest absolute Gasteiger partial charge is 0.335 e. The van der Waals surface area contributed by atoms with E-state index in [4.69, 9.17) is 11.6 Å². The monoisotopic (exact) mass is 651 g/mol. The van der Waals surface area contributed by atoms with Crippen LogP contribution in [-0.4, -0.2) is 35.7 Å². The zero-order valence-electron chi connectivity index (χ0n) is 23.3. The van der Waals surface area contributed by atoms with Crippen molar-refractivity contribution in [3.63, 3.8) is 0 Å². The zero-order chi connectivity index (χ0) is 31.3. The molecule has 222 valence electrons. The molecule has 0 saturated heterocycles. The average molecular weight is 652 g/mol. The van der Waals surface area contributed by atoms with Gasteiger partial charge in [-0.25, -0.2) is 9.17 Å². The van der Waals surface area contributed by atoms with Gasteiger partial charge in [0.1, 0.15) is 5.82 Å². The molecular formula is C33H22ClN5O4S2. The van der Waals surface area contributed by atoms with Crippen LogP contribution in [-0.2, 0) is 13.1 Å². The number of carboxylic acids is 1. The molecule has 0 amide bonds. The number of aromatic carboxylic acids is 1. The summed E-state index contributed by atoms with van der Waals surface area (Å²) in [4.78, 5) is 39.4. The van der Waals surface area contributed by atoms with Crippen molar-refractivity contribution in [2.45, 2.75) is 13.1 Å². The van der Waals surface area contributed by atoms with Crippen molar-refractivity contribution in [1.82, 2.24) is 18.7 Å². The van der Waals surface area contributed by atoms with E-state index >= 15 is 0 Å². The zero-order valence-corrected chi connectivity index (χ0v) is 25.7. The number of halogens is 1. The summed E-state index contributed by atoms with van der Waals surface area (Å²) in [6, 6.07) is 23.7. The molecule has 0 atom stereocenters. The molecule has 0 fully saturated rings. The van der Waals surface area contributed by atoms with Crippen molar-refractivity contribution in [3.05, 3.63) is 144 Å². The Hall–Kier alpha value is -5.28. The van der Waals surface area contributed by atoms with Crippen LogP contribution in [0.2, 0.25) is 4.34 Å². The van der Waals surface area contributed by atoms with E-state index in [2.05, 4.69) is 26.6 Å². The van der Waals surface area contributed by atoms with E-state index in [0.717, 1.165) is 16.0 Å². The first-order valence-corrected chi connectivity index (χ1v) is 15.5. The van der Waals surface area contributed by atoms with Gasteiger partial charge < -0.3 is 10.4 Å². The van der Waals surface area contributed by atoms with Crippen LogP contribution in [0.1, 0.15) is 42.4 Å². The third-order valence-electron chi connectivity index (χ3n) is 6.71. The van der Waals surface area contributed by atoms with Crippen molar-refractivity contribution in [3.8, 4) is 23.1 Å². The summed E-state index contributed by atoms with van der Waals surface area (Å²) < 4.78 is 7.57. The highest BCUT2D eigenvalue weighted by molar-refractivity contribution is 7.16. The van der Waals surface area contributed by atoms with Crippen molar-refractivity contribution in [2.24, 2.45) is 0 Å². The number of hydrogen-bond acceptors (Lipinski definition) is 8. The number of pyridine rings is 1. The second-order valence-electron chi connectivity index (χ2n) is 9.78. The van der Waals surface area contributed by atoms with Crippen LogP contribution in [0.15, 0.2) is 101 Å². The molecule has 0 unspecified atom stereocenters. The van der Waals surface area contributed by atoms with Gasteiger partial charge in [-0.1, -0.05) is 35.7 Å². The van der Waals surface area contributed by atoms with Gasteiger partial charge >= 0.3 is 5.97 Å². The van der Waals surface area contributed by atoms with Gasteiger partial charge in [-0.2, -0.15) is 9.78 Å². The SMILES string of the molecule is O=C(O)c1ccc(C(=O)n2nc(-c3cc(C#Cc4ccccc4)n(Cc4cnsc4)c(=O)c3)cc2NCc2ccc(Cl)s2)cc1. The first-order valence-electron chi connectivity index (χ1n) is 13.5. The molecule has 0 spiro atoms. The number of aromatic nitrogens is 4. The van der Waals surface area contributed by atoms with Gasteiger partial charge in [-0.15, -0.1) is 11.3 Å². The van der Waals surface area contributed by atoms with Crippen LogP contribution in [0, 0.1) is 11.8 Å². The first-order chi connectivity index (χ1) is 21.8. The molecule has 9 nitrogen and oxygen atoms in total. The Morgan fingerprint density at radius 1 is 0.956 bits per heavy atom. The van der Waals surface area contributed by atoms with Crippen LogP contribution in [0.25, 0.3) is 11.3 Å². The fourth-order valence-corrected chi connectivity index (χ4v) is 6.02. The predicted octanol–water partition coefficient (Wildman–Crippen LogP) is 6.33. The molecule has 6 aromatic rings.